The molecule has 0 unspecified atom stereocenters. The normalized spacial score (nSPS) is 16.7. The maximum atomic E-state index is 5.36. The van der Waals surface area contributed by atoms with Crippen LogP contribution in [0.25, 0.3) is 0 Å². The first-order chi connectivity index (χ1) is 12.3. The zero-order chi connectivity index (χ0) is 17.1. The van der Waals surface area contributed by atoms with Gasteiger partial charge in [-0.1, -0.05) is 0 Å². The Kier molecular flexibility index (Phi) is 4.93. The number of rotatable bonds is 5. The second kappa shape index (κ2) is 7.49. The summed E-state index contributed by atoms with van der Waals surface area (Å²) in [4.78, 5) is 20.0. The third-order valence-corrected chi connectivity index (χ3v) is 5.03. The predicted molar refractivity (Wildman–Crippen MR) is 102 cm³/mol. The molecule has 9 heteroatoms. The van der Waals surface area contributed by atoms with Crippen molar-refractivity contribution in [2.24, 2.45) is 0 Å². The number of aromatic nitrogens is 4. The molecule has 7 nitrogen and oxygen atoms in total. The molecule has 130 valence electrons. The van der Waals surface area contributed by atoms with Crippen LogP contribution in [0.5, 0.6) is 0 Å². The maximum absolute atomic E-state index is 5.36. The van der Waals surface area contributed by atoms with Crippen molar-refractivity contribution in [3.63, 3.8) is 0 Å². The van der Waals surface area contributed by atoms with Crippen LogP contribution in [0.1, 0.15) is 25.7 Å². The summed E-state index contributed by atoms with van der Waals surface area (Å²) in [6.07, 6.45) is 8.18. The lowest BCUT2D eigenvalue weighted by molar-refractivity contribution is 0.898. The Morgan fingerprint density at radius 1 is 1.16 bits per heavy atom. The summed E-state index contributed by atoms with van der Waals surface area (Å²) in [5, 5.41) is 8.42. The Balaban J connectivity index is 1.56. The van der Waals surface area contributed by atoms with Gasteiger partial charge in [0, 0.05) is 37.6 Å². The molecule has 0 spiro atoms. The summed E-state index contributed by atoms with van der Waals surface area (Å²) in [5.74, 6) is 1.43. The molecular weight excluding hydrogens is 354 g/mol. The molecule has 0 radical (unpaired) electrons. The predicted octanol–water partition coefficient (Wildman–Crippen LogP) is 2.47. The summed E-state index contributed by atoms with van der Waals surface area (Å²) in [6, 6.07) is 4.29. The molecule has 2 aromatic heterocycles. The smallest absolute Gasteiger partial charge is 0.232 e. The number of hydrogen-bond acceptors (Lipinski definition) is 7. The molecule has 3 heterocycles. The van der Waals surface area contributed by atoms with Gasteiger partial charge in [0.1, 0.15) is 10.8 Å². The number of anilines is 2. The topological polar surface area (TPSA) is 78.9 Å². The van der Waals surface area contributed by atoms with Crippen LogP contribution in [0, 0.1) is 0 Å². The van der Waals surface area contributed by atoms with Crippen molar-refractivity contribution in [1.82, 2.24) is 25.3 Å². The van der Waals surface area contributed by atoms with Gasteiger partial charge in [-0.25, -0.2) is 15.0 Å². The van der Waals surface area contributed by atoms with Gasteiger partial charge in [0.05, 0.1) is 0 Å². The first kappa shape index (κ1) is 16.5. The summed E-state index contributed by atoms with van der Waals surface area (Å²) in [6.45, 7) is 2.04. The average molecular weight is 374 g/mol. The van der Waals surface area contributed by atoms with E-state index in [0.717, 1.165) is 23.9 Å². The van der Waals surface area contributed by atoms with Crippen molar-refractivity contribution < 1.29 is 0 Å². The van der Waals surface area contributed by atoms with Gasteiger partial charge < -0.3 is 15.5 Å². The SMILES string of the molecule is S=C(Nc1nc(Sc2ncccn2)cc(N2CCCC2)n1)NC1CC1. The van der Waals surface area contributed by atoms with Crippen molar-refractivity contribution in [3.05, 3.63) is 24.5 Å². The fourth-order valence-electron chi connectivity index (χ4n) is 2.61. The molecule has 2 fully saturated rings. The third kappa shape index (κ3) is 4.55. The van der Waals surface area contributed by atoms with Gasteiger partial charge in [-0.05, 0) is 55.7 Å². The van der Waals surface area contributed by atoms with Crippen LogP contribution in [0.15, 0.2) is 34.7 Å². The minimum atomic E-state index is 0.494. The second-order valence-electron chi connectivity index (χ2n) is 6.09. The lowest BCUT2D eigenvalue weighted by Gasteiger charge is -2.18. The molecule has 2 aliphatic rings. The number of nitrogens with one attached hydrogen (secondary N) is 2. The van der Waals surface area contributed by atoms with Crippen molar-refractivity contribution in [3.8, 4) is 0 Å². The maximum Gasteiger partial charge on any atom is 0.232 e. The zero-order valence-electron chi connectivity index (χ0n) is 13.7. The minimum absolute atomic E-state index is 0.494. The molecular formula is C16H19N7S2. The summed E-state index contributed by atoms with van der Waals surface area (Å²) >= 11 is 6.78. The lowest BCUT2D eigenvalue weighted by atomic mass is 10.4. The van der Waals surface area contributed by atoms with E-state index in [9.17, 15) is 0 Å². The van der Waals surface area contributed by atoms with E-state index in [1.54, 1.807) is 18.5 Å². The number of thiocarbonyl (C=S) groups is 1. The van der Waals surface area contributed by atoms with Crippen LogP contribution in [-0.4, -0.2) is 44.2 Å². The quantitative estimate of drug-likeness (QED) is 0.467. The van der Waals surface area contributed by atoms with Crippen LogP contribution in [-0.2, 0) is 0 Å². The Morgan fingerprint density at radius 3 is 2.64 bits per heavy atom. The highest BCUT2D eigenvalue weighted by Gasteiger charge is 2.22. The monoisotopic (exact) mass is 373 g/mol. The fraction of sp³-hybridized carbons (Fsp3) is 0.438. The molecule has 1 aliphatic carbocycles. The Morgan fingerprint density at radius 2 is 1.92 bits per heavy atom. The van der Waals surface area contributed by atoms with Gasteiger partial charge in [0.2, 0.25) is 5.95 Å². The largest absolute Gasteiger partial charge is 0.360 e. The van der Waals surface area contributed by atoms with Gasteiger partial charge in [0.25, 0.3) is 0 Å². The lowest BCUT2D eigenvalue weighted by Crippen LogP contribution is -2.31. The van der Waals surface area contributed by atoms with Crippen LogP contribution in [0.3, 0.4) is 0 Å². The summed E-state index contributed by atoms with van der Waals surface area (Å²) in [5.41, 5.74) is 0. The molecule has 4 rings (SSSR count). The zero-order valence-corrected chi connectivity index (χ0v) is 15.3. The molecule has 25 heavy (non-hydrogen) atoms. The van der Waals surface area contributed by atoms with E-state index >= 15 is 0 Å². The van der Waals surface area contributed by atoms with E-state index in [2.05, 4.69) is 35.5 Å². The van der Waals surface area contributed by atoms with Gasteiger partial charge in [-0.15, -0.1) is 0 Å². The molecule has 1 aliphatic heterocycles. The van der Waals surface area contributed by atoms with E-state index in [1.165, 1.54) is 37.4 Å². The molecule has 2 N–H and O–H groups in total. The second-order valence-corrected chi connectivity index (χ2v) is 7.48. The van der Waals surface area contributed by atoms with Crippen LogP contribution in [0.4, 0.5) is 11.8 Å². The Labute approximate surface area is 156 Å². The highest BCUT2D eigenvalue weighted by Crippen LogP contribution is 2.28. The third-order valence-electron chi connectivity index (χ3n) is 4.00. The van der Waals surface area contributed by atoms with Crippen molar-refractivity contribution >= 4 is 40.9 Å². The first-order valence-electron chi connectivity index (χ1n) is 8.43. The average Bonchev–Trinajstić information content (AvgIpc) is 3.24. The number of hydrogen-bond donors (Lipinski definition) is 2. The van der Waals surface area contributed by atoms with Gasteiger partial charge in [-0.3, -0.25) is 0 Å². The van der Waals surface area contributed by atoms with Crippen molar-refractivity contribution in [1.29, 1.82) is 0 Å². The van der Waals surface area contributed by atoms with Gasteiger partial charge >= 0.3 is 0 Å². The Hall–Kier alpha value is -2.00. The van der Waals surface area contributed by atoms with Crippen molar-refractivity contribution in [2.75, 3.05) is 23.3 Å². The summed E-state index contributed by atoms with van der Waals surface area (Å²) in [7, 11) is 0. The van der Waals surface area contributed by atoms with Gasteiger partial charge in [0.15, 0.2) is 10.3 Å². The molecule has 1 saturated carbocycles. The highest BCUT2D eigenvalue weighted by molar-refractivity contribution is 7.99. The van der Waals surface area contributed by atoms with Crippen LogP contribution in [0.2, 0.25) is 0 Å². The van der Waals surface area contributed by atoms with E-state index in [-0.39, 0.29) is 0 Å². The van der Waals surface area contributed by atoms with Crippen LogP contribution < -0.4 is 15.5 Å². The fourth-order valence-corrected chi connectivity index (χ4v) is 3.58. The highest BCUT2D eigenvalue weighted by atomic mass is 32.2. The van der Waals surface area contributed by atoms with E-state index in [0.29, 0.717) is 22.3 Å². The number of nitrogens with zero attached hydrogens (tertiary/aromatic N) is 5. The molecule has 1 saturated heterocycles. The van der Waals surface area contributed by atoms with E-state index in [4.69, 9.17) is 12.2 Å². The van der Waals surface area contributed by atoms with Crippen LogP contribution >= 0.6 is 24.0 Å². The van der Waals surface area contributed by atoms with Gasteiger partial charge in [-0.2, -0.15) is 4.98 Å². The van der Waals surface area contributed by atoms with E-state index < -0.39 is 0 Å². The molecule has 2 aromatic rings. The Bertz CT molecular complexity index is 745. The summed E-state index contributed by atoms with van der Waals surface area (Å²) < 4.78 is 0. The van der Waals surface area contributed by atoms with Crippen molar-refractivity contribution in [2.45, 2.75) is 41.9 Å². The molecule has 0 amide bonds. The molecule has 0 atom stereocenters. The van der Waals surface area contributed by atoms with E-state index in [1.807, 2.05) is 6.07 Å². The molecule has 0 bridgehead atoms. The molecule has 0 aromatic carbocycles. The minimum Gasteiger partial charge on any atom is -0.360 e. The standard InChI is InChI=1S/C16H19N7S2/c24-15(19-11-4-5-11)22-14-20-12(23-8-1-2-9-23)10-13(21-14)25-16-17-6-3-7-18-16/h3,6-7,10-11H,1-2,4-5,8-9H2,(H2,19,20,21,22,24). The first-order valence-corrected chi connectivity index (χ1v) is 9.65.